The maximum absolute atomic E-state index is 12.7. The van der Waals surface area contributed by atoms with Crippen LogP contribution in [-0.2, 0) is 0 Å². The molecule has 0 radical (unpaired) electrons. The van der Waals surface area contributed by atoms with E-state index in [4.69, 9.17) is 16.3 Å². The van der Waals surface area contributed by atoms with Gasteiger partial charge >= 0.3 is 5.97 Å². The van der Waals surface area contributed by atoms with Gasteiger partial charge in [-0.15, -0.1) is 0 Å². The molecule has 0 saturated carbocycles. The molecule has 0 spiro atoms. The lowest BCUT2D eigenvalue weighted by atomic mass is 10.0. The van der Waals surface area contributed by atoms with Gasteiger partial charge in [-0.25, -0.2) is 10.2 Å². The van der Waals surface area contributed by atoms with Crippen LogP contribution in [0.1, 0.15) is 31.8 Å². The number of esters is 1. The molecule has 0 saturated heterocycles. The molecular weight excluding hydrogens is 424 g/mol. The summed E-state index contributed by atoms with van der Waals surface area (Å²) in [4.78, 5) is 25.1. The van der Waals surface area contributed by atoms with Crippen LogP contribution in [-0.4, -0.2) is 18.1 Å². The number of nitrogens with one attached hydrogen (secondary N) is 1. The zero-order valence-electron chi connectivity index (χ0n) is 17.2. The molecule has 0 aliphatic carbocycles. The molecule has 0 aromatic heterocycles. The van der Waals surface area contributed by atoms with Gasteiger partial charge in [0.05, 0.1) is 22.4 Å². The van der Waals surface area contributed by atoms with Gasteiger partial charge in [-0.1, -0.05) is 71.8 Å². The molecule has 6 heteroatoms. The van der Waals surface area contributed by atoms with E-state index in [0.29, 0.717) is 27.5 Å². The highest BCUT2D eigenvalue weighted by Crippen LogP contribution is 2.27. The van der Waals surface area contributed by atoms with Gasteiger partial charge < -0.3 is 4.74 Å². The number of carbonyl (C=O) groups is 2. The second-order valence-corrected chi connectivity index (χ2v) is 7.54. The fraction of sp³-hybridized carbons (Fsp3) is 0.0385. The number of rotatable bonds is 5. The number of aryl methyl sites for hydroxylation is 1. The Kier molecular flexibility index (Phi) is 6.29. The Morgan fingerprint density at radius 3 is 2.41 bits per heavy atom. The molecule has 158 valence electrons. The lowest BCUT2D eigenvalue weighted by Gasteiger charge is -2.11. The molecule has 5 nitrogen and oxygen atoms in total. The highest BCUT2D eigenvalue weighted by atomic mass is 35.5. The smallest absolute Gasteiger partial charge is 0.343 e. The molecular formula is C26H19ClN2O3. The van der Waals surface area contributed by atoms with Crippen molar-refractivity contribution in [2.45, 2.75) is 6.92 Å². The zero-order chi connectivity index (χ0) is 22.5. The van der Waals surface area contributed by atoms with E-state index in [1.54, 1.807) is 42.5 Å². The largest absolute Gasteiger partial charge is 0.422 e. The zero-order valence-corrected chi connectivity index (χ0v) is 18.0. The lowest BCUT2D eigenvalue weighted by Crippen LogP contribution is -2.18. The number of hydrogen-bond acceptors (Lipinski definition) is 4. The molecule has 0 aliphatic rings. The second kappa shape index (κ2) is 9.45. The van der Waals surface area contributed by atoms with Crippen molar-refractivity contribution in [1.29, 1.82) is 0 Å². The summed E-state index contributed by atoms with van der Waals surface area (Å²) in [7, 11) is 0. The number of hydrazone groups is 1. The quantitative estimate of drug-likeness (QED) is 0.184. The van der Waals surface area contributed by atoms with E-state index in [-0.39, 0.29) is 0 Å². The first kappa shape index (κ1) is 21.3. The van der Waals surface area contributed by atoms with Crippen molar-refractivity contribution >= 4 is 40.5 Å². The Hall–Kier alpha value is -3.96. The number of amides is 1. The van der Waals surface area contributed by atoms with Gasteiger partial charge in [0.25, 0.3) is 5.91 Å². The molecule has 0 aliphatic heterocycles. The van der Waals surface area contributed by atoms with Crippen molar-refractivity contribution in [2.75, 3.05) is 0 Å². The Morgan fingerprint density at radius 2 is 1.62 bits per heavy atom. The van der Waals surface area contributed by atoms with Crippen molar-refractivity contribution in [3.05, 3.63) is 112 Å². The fourth-order valence-corrected chi connectivity index (χ4v) is 3.43. The summed E-state index contributed by atoms with van der Waals surface area (Å²) < 4.78 is 5.68. The van der Waals surface area contributed by atoms with E-state index in [1.165, 1.54) is 6.21 Å². The average Bonchev–Trinajstić information content (AvgIpc) is 2.80. The van der Waals surface area contributed by atoms with Crippen LogP contribution in [0.25, 0.3) is 10.8 Å². The summed E-state index contributed by atoms with van der Waals surface area (Å²) in [5.74, 6) is -0.578. The normalized spacial score (nSPS) is 10.9. The van der Waals surface area contributed by atoms with Crippen LogP contribution >= 0.6 is 11.6 Å². The Bertz CT molecular complexity index is 1330. The number of halogens is 1. The Morgan fingerprint density at radius 1 is 0.906 bits per heavy atom. The molecule has 4 aromatic rings. The van der Waals surface area contributed by atoms with Crippen LogP contribution in [0.2, 0.25) is 5.02 Å². The first-order valence-corrected chi connectivity index (χ1v) is 10.3. The second-order valence-electron chi connectivity index (χ2n) is 7.13. The van der Waals surface area contributed by atoms with Crippen LogP contribution < -0.4 is 10.2 Å². The van der Waals surface area contributed by atoms with Gasteiger partial charge in [0.2, 0.25) is 0 Å². The minimum atomic E-state index is -0.477. The lowest BCUT2D eigenvalue weighted by molar-refractivity contribution is 0.0734. The Labute approximate surface area is 190 Å². The molecule has 4 aromatic carbocycles. The summed E-state index contributed by atoms with van der Waals surface area (Å²) in [6.45, 7) is 1.95. The fourth-order valence-electron chi connectivity index (χ4n) is 3.21. The SMILES string of the molecule is Cc1ccc(C(=O)Oc2ccc3ccccc3c2/C=N\NC(=O)c2ccccc2Cl)cc1. The third kappa shape index (κ3) is 4.68. The van der Waals surface area contributed by atoms with Crippen molar-refractivity contribution in [3.8, 4) is 5.75 Å². The minimum Gasteiger partial charge on any atom is -0.422 e. The van der Waals surface area contributed by atoms with Crippen molar-refractivity contribution < 1.29 is 14.3 Å². The van der Waals surface area contributed by atoms with E-state index in [0.717, 1.165) is 16.3 Å². The van der Waals surface area contributed by atoms with E-state index in [9.17, 15) is 9.59 Å². The first-order chi connectivity index (χ1) is 15.5. The van der Waals surface area contributed by atoms with Crippen LogP contribution in [0.4, 0.5) is 0 Å². The number of benzene rings is 4. The maximum Gasteiger partial charge on any atom is 0.343 e. The maximum atomic E-state index is 12.7. The van der Waals surface area contributed by atoms with E-state index >= 15 is 0 Å². The molecule has 4 rings (SSSR count). The first-order valence-electron chi connectivity index (χ1n) is 9.91. The number of nitrogens with zero attached hydrogens (tertiary/aromatic N) is 1. The molecule has 0 bridgehead atoms. The van der Waals surface area contributed by atoms with E-state index in [2.05, 4.69) is 10.5 Å². The monoisotopic (exact) mass is 442 g/mol. The molecule has 0 fully saturated rings. The minimum absolute atomic E-state index is 0.315. The number of carbonyl (C=O) groups excluding carboxylic acids is 2. The van der Waals surface area contributed by atoms with E-state index < -0.39 is 11.9 Å². The van der Waals surface area contributed by atoms with E-state index in [1.807, 2.05) is 49.4 Å². The molecule has 0 heterocycles. The summed E-state index contributed by atoms with van der Waals surface area (Å²) in [6, 6.07) is 25.1. The standard InChI is InChI=1S/C26H19ClN2O3/c1-17-10-12-19(13-11-17)26(31)32-24-15-14-18-6-2-3-7-20(18)22(24)16-28-29-25(30)21-8-4-5-9-23(21)27/h2-16H,1H3,(H,29,30)/b28-16-. The van der Waals surface area contributed by atoms with Crippen LogP contribution in [0, 0.1) is 6.92 Å². The van der Waals surface area contributed by atoms with Gasteiger partial charge in [-0.3, -0.25) is 4.79 Å². The predicted molar refractivity (Wildman–Crippen MR) is 127 cm³/mol. The Balaban J connectivity index is 1.63. The van der Waals surface area contributed by atoms with Crippen LogP contribution in [0.3, 0.4) is 0 Å². The third-order valence-electron chi connectivity index (χ3n) is 4.90. The molecule has 0 atom stereocenters. The summed E-state index contributed by atoms with van der Waals surface area (Å²) in [5.41, 5.74) is 4.86. The highest BCUT2D eigenvalue weighted by Gasteiger charge is 2.14. The summed E-state index contributed by atoms with van der Waals surface area (Å²) >= 11 is 6.07. The number of ether oxygens (including phenoxy) is 1. The molecule has 1 N–H and O–H groups in total. The third-order valence-corrected chi connectivity index (χ3v) is 5.23. The molecule has 0 unspecified atom stereocenters. The average molecular weight is 443 g/mol. The van der Waals surface area contributed by atoms with Gasteiger partial charge in [-0.05, 0) is 48.0 Å². The predicted octanol–water partition coefficient (Wildman–Crippen LogP) is 5.78. The molecule has 1 amide bonds. The number of hydrogen-bond donors (Lipinski definition) is 1. The van der Waals surface area contributed by atoms with Gasteiger partial charge in [0, 0.05) is 5.56 Å². The highest BCUT2D eigenvalue weighted by molar-refractivity contribution is 6.33. The van der Waals surface area contributed by atoms with Crippen molar-refractivity contribution in [1.82, 2.24) is 5.43 Å². The van der Waals surface area contributed by atoms with Crippen molar-refractivity contribution in [2.24, 2.45) is 5.10 Å². The molecule has 32 heavy (non-hydrogen) atoms. The van der Waals surface area contributed by atoms with Crippen molar-refractivity contribution in [3.63, 3.8) is 0 Å². The topological polar surface area (TPSA) is 67.8 Å². The van der Waals surface area contributed by atoms with Gasteiger partial charge in [0.1, 0.15) is 5.75 Å². The summed E-state index contributed by atoms with van der Waals surface area (Å²) in [6.07, 6.45) is 1.47. The summed E-state index contributed by atoms with van der Waals surface area (Å²) in [5, 5.41) is 6.20. The van der Waals surface area contributed by atoms with Crippen LogP contribution in [0.5, 0.6) is 5.75 Å². The van der Waals surface area contributed by atoms with Gasteiger partial charge in [-0.2, -0.15) is 5.10 Å². The number of fused-ring (bicyclic) bond motifs is 1. The van der Waals surface area contributed by atoms with Crippen LogP contribution in [0.15, 0.2) is 90.0 Å². The van der Waals surface area contributed by atoms with Gasteiger partial charge in [0.15, 0.2) is 0 Å².